The number of rotatable bonds is 1. The molecule has 0 amide bonds. The zero-order valence-electron chi connectivity index (χ0n) is 12.7. The third kappa shape index (κ3) is 1.90. The molecule has 0 fully saturated rings. The van der Waals surface area contributed by atoms with E-state index in [1.54, 1.807) is 0 Å². The summed E-state index contributed by atoms with van der Waals surface area (Å²) in [6, 6.07) is 28.3. The first-order valence-electron chi connectivity index (χ1n) is 8.00. The lowest BCUT2D eigenvalue weighted by molar-refractivity contribution is -0.671. The van der Waals surface area contributed by atoms with Crippen molar-refractivity contribution in [2.45, 2.75) is 6.54 Å². The predicted molar refractivity (Wildman–Crippen MR) is 94.1 cm³/mol. The molecule has 0 saturated carbocycles. The van der Waals surface area contributed by atoms with E-state index in [2.05, 4.69) is 89.6 Å². The van der Waals surface area contributed by atoms with E-state index in [9.17, 15) is 0 Å². The Morgan fingerprint density at radius 2 is 1.52 bits per heavy atom. The van der Waals surface area contributed by atoms with Gasteiger partial charge in [-0.05, 0) is 34.7 Å². The highest BCUT2D eigenvalue weighted by atomic mass is 15.0. The summed E-state index contributed by atoms with van der Waals surface area (Å²) in [7, 11) is 0. The van der Waals surface area contributed by atoms with E-state index in [0.29, 0.717) is 0 Å². The molecule has 23 heavy (non-hydrogen) atoms. The third-order valence-corrected chi connectivity index (χ3v) is 4.75. The van der Waals surface area contributed by atoms with E-state index in [0.717, 1.165) is 6.54 Å². The van der Waals surface area contributed by atoms with Gasteiger partial charge >= 0.3 is 0 Å². The number of aromatic nitrogens is 1. The van der Waals surface area contributed by atoms with Crippen LogP contribution in [0.5, 0.6) is 0 Å². The number of hydrogen-bond donors (Lipinski definition) is 0. The van der Waals surface area contributed by atoms with Crippen LogP contribution in [0.2, 0.25) is 0 Å². The van der Waals surface area contributed by atoms with Crippen molar-refractivity contribution in [1.82, 2.24) is 0 Å². The summed E-state index contributed by atoms with van der Waals surface area (Å²) in [5.74, 6) is 0. The van der Waals surface area contributed by atoms with Gasteiger partial charge in [-0.25, -0.2) is 0 Å². The number of fused-ring (bicyclic) bond motifs is 5. The average molecular weight is 294 g/mol. The van der Waals surface area contributed by atoms with Gasteiger partial charge in [0, 0.05) is 11.6 Å². The molecule has 0 radical (unpaired) electrons. The minimum atomic E-state index is 0.955. The van der Waals surface area contributed by atoms with E-state index in [4.69, 9.17) is 0 Å². The fraction of sp³-hybridized carbons (Fsp3) is 0.0455. The second-order valence-electron chi connectivity index (χ2n) is 6.12. The van der Waals surface area contributed by atoms with Gasteiger partial charge in [0.2, 0.25) is 5.69 Å². The third-order valence-electron chi connectivity index (χ3n) is 4.75. The zero-order chi connectivity index (χ0) is 15.2. The Hall–Kier alpha value is -2.93. The number of hydrogen-bond acceptors (Lipinski definition) is 0. The van der Waals surface area contributed by atoms with Crippen molar-refractivity contribution in [3.63, 3.8) is 0 Å². The smallest absolute Gasteiger partial charge is 0.193 e. The Bertz CT molecular complexity index is 1030. The topological polar surface area (TPSA) is 3.88 Å². The van der Waals surface area contributed by atoms with Crippen LogP contribution in [-0.4, -0.2) is 0 Å². The van der Waals surface area contributed by atoms with Crippen LogP contribution in [-0.2, 0) is 6.54 Å². The second kappa shape index (κ2) is 4.79. The van der Waals surface area contributed by atoms with Crippen LogP contribution in [0.4, 0.5) is 0 Å². The first-order valence-corrected chi connectivity index (χ1v) is 8.00. The molecule has 0 unspecified atom stereocenters. The first kappa shape index (κ1) is 12.6. The predicted octanol–water partition coefficient (Wildman–Crippen LogP) is 4.82. The monoisotopic (exact) mass is 294 g/mol. The van der Waals surface area contributed by atoms with Gasteiger partial charge in [-0.1, -0.05) is 54.6 Å². The lowest BCUT2D eigenvalue weighted by Gasteiger charge is -2.03. The highest BCUT2D eigenvalue weighted by molar-refractivity contribution is 5.94. The molecule has 4 aromatic rings. The summed E-state index contributed by atoms with van der Waals surface area (Å²) in [5.41, 5.74) is 6.69. The van der Waals surface area contributed by atoms with Gasteiger partial charge in [-0.2, -0.15) is 4.57 Å². The van der Waals surface area contributed by atoms with Crippen LogP contribution < -0.4 is 4.57 Å². The summed E-state index contributed by atoms with van der Waals surface area (Å²) < 4.78 is 2.36. The van der Waals surface area contributed by atoms with Crippen molar-refractivity contribution in [1.29, 1.82) is 0 Å². The van der Waals surface area contributed by atoms with E-state index in [1.807, 2.05) is 0 Å². The molecule has 2 heterocycles. The largest absolute Gasteiger partial charge is 0.221 e. The number of benzene rings is 3. The highest BCUT2D eigenvalue weighted by Crippen LogP contribution is 2.34. The van der Waals surface area contributed by atoms with E-state index < -0.39 is 0 Å². The van der Waals surface area contributed by atoms with Crippen molar-refractivity contribution in [3.8, 4) is 22.4 Å². The summed E-state index contributed by atoms with van der Waals surface area (Å²) in [5, 5.41) is 2.64. The fourth-order valence-electron chi connectivity index (χ4n) is 3.64. The van der Waals surface area contributed by atoms with Gasteiger partial charge in [-0.3, -0.25) is 0 Å². The minimum Gasteiger partial charge on any atom is -0.193 e. The Morgan fingerprint density at radius 3 is 2.43 bits per heavy atom. The van der Waals surface area contributed by atoms with Gasteiger partial charge in [0.25, 0.3) is 0 Å². The molecule has 0 spiro atoms. The first-order chi connectivity index (χ1) is 11.4. The van der Waals surface area contributed by atoms with Gasteiger partial charge in [-0.15, -0.1) is 0 Å². The summed E-state index contributed by atoms with van der Waals surface area (Å²) in [6.45, 7) is 0.955. The van der Waals surface area contributed by atoms with Crippen LogP contribution in [0.15, 0.2) is 85.1 Å². The maximum atomic E-state index is 2.36. The van der Waals surface area contributed by atoms with Gasteiger partial charge in [0.05, 0.1) is 10.9 Å². The van der Waals surface area contributed by atoms with Gasteiger partial charge in [0.1, 0.15) is 0 Å². The molecular weight excluding hydrogens is 278 g/mol. The average Bonchev–Trinajstić information content (AvgIpc) is 3.00. The Balaban J connectivity index is 1.72. The minimum absolute atomic E-state index is 0.955. The van der Waals surface area contributed by atoms with Crippen LogP contribution in [0.1, 0.15) is 5.56 Å². The molecular formula is C22H16N+. The molecule has 108 valence electrons. The number of pyridine rings is 1. The molecule has 5 rings (SSSR count). The fourth-order valence-corrected chi connectivity index (χ4v) is 3.64. The lowest BCUT2D eigenvalue weighted by Crippen LogP contribution is -2.31. The Labute approximate surface area is 135 Å². The summed E-state index contributed by atoms with van der Waals surface area (Å²) >= 11 is 0. The molecule has 1 nitrogen and oxygen atoms in total. The van der Waals surface area contributed by atoms with Gasteiger partial charge < -0.3 is 0 Å². The van der Waals surface area contributed by atoms with Crippen molar-refractivity contribution in [2.24, 2.45) is 0 Å². The second-order valence-corrected chi connectivity index (χ2v) is 6.12. The molecule has 0 aliphatic carbocycles. The molecule has 3 aromatic carbocycles. The SMILES string of the molecule is c1ccc(-c2ccc3c(c2)C[n+]2ccc4ccccc4c2-3)cc1. The molecule has 1 aliphatic rings. The van der Waals surface area contributed by atoms with E-state index in [-0.39, 0.29) is 0 Å². The van der Waals surface area contributed by atoms with E-state index in [1.165, 1.54) is 38.7 Å². The molecule has 0 bridgehead atoms. The van der Waals surface area contributed by atoms with Crippen molar-refractivity contribution < 1.29 is 4.57 Å². The van der Waals surface area contributed by atoms with Crippen LogP contribution in [0, 0.1) is 0 Å². The lowest BCUT2D eigenvalue weighted by atomic mass is 9.98. The van der Waals surface area contributed by atoms with Gasteiger partial charge in [0.15, 0.2) is 12.7 Å². The maximum absolute atomic E-state index is 2.36. The standard InChI is InChI=1S/C22H16N/c1-2-6-16(7-3-1)18-10-11-21-19(14-18)15-23-13-12-17-8-4-5-9-20(17)22(21)23/h1-14H,15H2/q+1. The normalized spacial score (nSPS) is 12.2. The van der Waals surface area contributed by atoms with Crippen LogP contribution in [0.3, 0.4) is 0 Å². The molecule has 1 heteroatoms. The molecule has 1 aromatic heterocycles. The molecule has 0 saturated heterocycles. The molecule has 0 atom stereocenters. The van der Waals surface area contributed by atoms with Crippen LogP contribution >= 0.6 is 0 Å². The summed E-state index contributed by atoms with van der Waals surface area (Å²) in [4.78, 5) is 0. The summed E-state index contributed by atoms with van der Waals surface area (Å²) in [6.07, 6.45) is 2.21. The quantitative estimate of drug-likeness (QED) is 0.390. The van der Waals surface area contributed by atoms with Crippen molar-refractivity contribution in [3.05, 3.63) is 90.6 Å². The molecule has 0 N–H and O–H groups in total. The Morgan fingerprint density at radius 1 is 0.696 bits per heavy atom. The number of nitrogens with zero attached hydrogens (tertiary/aromatic N) is 1. The zero-order valence-corrected chi connectivity index (χ0v) is 12.7. The molecule has 1 aliphatic heterocycles. The van der Waals surface area contributed by atoms with Crippen molar-refractivity contribution in [2.75, 3.05) is 0 Å². The van der Waals surface area contributed by atoms with Crippen molar-refractivity contribution >= 4 is 10.8 Å². The Kier molecular flexibility index (Phi) is 2.62. The highest BCUT2D eigenvalue weighted by Gasteiger charge is 2.28. The van der Waals surface area contributed by atoms with Crippen LogP contribution in [0.25, 0.3) is 33.2 Å². The maximum Gasteiger partial charge on any atom is 0.221 e. The van der Waals surface area contributed by atoms with E-state index >= 15 is 0 Å².